The van der Waals surface area contributed by atoms with Crippen LogP contribution in [0.15, 0.2) is 28.1 Å². The molecule has 1 unspecified atom stereocenters. The Morgan fingerprint density at radius 2 is 2.41 bits per heavy atom. The maximum Gasteiger partial charge on any atom is 0.206 e. The van der Waals surface area contributed by atoms with Crippen LogP contribution in [0.3, 0.4) is 0 Å². The second-order valence-corrected chi connectivity index (χ2v) is 5.25. The molecule has 4 nitrogen and oxygen atoms in total. The maximum atomic E-state index is 5.93. The topological polar surface area (TPSA) is 45.7 Å². The SMILES string of the molecule is Clc1ccc2c(c1)SNC(=NC1CCOC1)N2. The average molecular weight is 270 g/mol. The number of guanidine groups is 1. The van der Waals surface area contributed by atoms with Crippen molar-refractivity contribution in [3.05, 3.63) is 23.2 Å². The Balaban J connectivity index is 1.78. The van der Waals surface area contributed by atoms with Crippen molar-refractivity contribution in [2.24, 2.45) is 4.99 Å². The molecule has 0 radical (unpaired) electrons. The molecule has 0 saturated carbocycles. The molecule has 1 fully saturated rings. The Bertz CT molecular complexity index is 460. The number of nitrogens with zero attached hydrogens (tertiary/aromatic N) is 1. The predicted molar refractivity (Wildman–Crippen MR) is 70.7 cm³/mol. The Hall–Kier alpha value is -0.910. The van der Waals surface area contributed by atoms with Gasteiger partial charge in [-0.1, -0.05) is 11.6 Å². The lowest BCUT2D eigenvalue weighted by Crippen LogP contribution is -2.31. The Labute approximate surface area is 109 Å². The number of nitrogens with one attached hydrogen (secondary N) is 2. The van der Waals surface area contributed by atoms with Gasteiger partial charge in [0.2, 0.25) is 5.96 Å². The molecule has 2 N–H and O–H groups in total. The van der Waals surface area contributed by atoms with Crippen LogP contribution < -0.4 is 10.0 Å². The molecule has 2 aliphatic heterocycles. The standard InChI is InChI=1S/C11H12ClN3OS/c12-7-1-2-9-10(5-7)17-15-11(14-9)13-8-3-4-16-6-8/h1-2,5,8H,3-4,6H2,(H2,13,14,15). The summed E-state index contributed by atoms with van der Waals surface area (Å²) in [5.74, 6) is 0.792. The average Bonchev–Trinajstić information content (AvgIpc) is 2.82. The van der Waals surface area contributed by atoms with Gasteiger partial charge in [0.15, 0.2) is 0 Å². The number of ether oxygens (including phenoxy) is 1. The minimum Gasteiger partial charge on any atom is -0.379 e. The number of aliphatic imine (C=N–C) groups is 1. The van der Waals surface area contributed by atoms with Gasteiger partial charge in [0.25, 0.3) is 0 Å². The first kappa shape index (κ1) is 11.2. The molecule has 1 aromatic carbocycles. The van der Waals surface area contributed by atoms with Crippen LogP contribution in [0.4, 0.5) is 5.69 Å². The first-order valence-electron chi connectivity index (χ1n) is 5.46. The van der Waals surface area contributed by atoms with E-state index in [0.29, 0.717) is 6.61 Å². The fourth-order valence-corrected chi connectivity index (χ4v) is 2.77. The molecule has 1 saturated heterocycles. The molecule has 1 aromatic rings. The van der Waals surface area contributed by atoms with Gasteiger partial charge in [-0.2, -0.15) is 0 Å². The van der Waals surface area contributed by atoms with E-state index >= 15 is 0 Å². The van der Waals surface area contributed by atoms with Crippen LogP contribution in [0, 0.1) is 0 Å². The first-order valence-corrected chi connectivity index (χ1v) is 6.66. The Kier molecular flexibility index (Phi) is 3.13. The molecule has 3 rings (SSSR count). The number of fused-ring (bicyclic) bond motifs is 1. The normalized spacial score (nSPS) is 25.2. The lowest BCUT2D eigenvalue weighted by atomic mass is 10.3. The van der Waals surface area contributed by atoms with Crippen molar-refractivity contribution >= 4 is 35.2 Å². The molecule has 2 aliphatic rings. The summed E-state index contributed by atoms with van der Waals surface area (Å²) in [6, 6.07) is 6.03. The van der Waals surface area contributed by atoms with Crippen molar-refractivity contribution in [3.63, 3.8) is 0 Å². The number of rotatable bonds is 1. The monoisotopic (exact) mass is 269 g/mol. The number of halogens is 1. The largest absolute Gasteiger partial charge is 0.379 e. The van der Waals surface area contributed by atoms with E-state index in [4.69, 9.17) is 16.3 Å². The van der Waals surface area contributed by atoms with Crippen LogP contribution in [0.2, 0.25) is 5.02 Å². The van der Waals surface area contributed by atoms with Crippen LogP contribution in [0.25, 0.3) is 0 Å². The van der Waals surface area contributed by atoms with Crippen LogP contribution in [0.1, 0.15) is 6.42 Å². The number of hydrogen-bond donors (Lipinski definition) is 2. The van der Waals surface area contributed by atoms with E-state index in [0.717, 1.165) is 34.6 Å². The smallest absolute Gasteiger partial charge is 0.206 e. The highest BCUT2D eigenvalue weighted by Gasteiger charge is 2.18. The van der Waals surface area contributed by atoms with Gasteiger partial charge in [0.1, 0.15) is 0 Å². The van der Waals surface area contributed by atoms with Crippen molar-refractivity contribution < 1.29 is 4.74 Å². The predicted octanol–water partition coefficient (Wildman–Crippen LogP) is 2.51. The molecule has 0 aromatic heterocycles. The highest BCUT2D eigenvalue weighted by atomic mass is 35.5. The van der Waals surface area contributed by atoms with E-state index < -0.39 is 0 Å². The van der Waals surface area contributed by atoms with Crippen LogP contribution in [0.5, 0.6) is 0 Å². The molecule has 1 atom stereocenters. The van der Waals surface area contributed by atoms with E-state index in [9.17, 15) is 0 Å². The highest BCUT2D eigenvalue weighted by Crippen LogP contribution is 2.31. The van der Waals surface area contributed by atoms with Gasteiger partial charge in [-0.05, 0) is 36.6 Å². The van der Waals surface area contributed by atoms with Gasteiger partial charge < -0.3 is 10.1 Å². The fraction of sp³-hybridized carbons (Fsp3) is 0.364. The first-order chi connectivity index (χ1) is 8.31. The lowest BCUT2D eigenvalue weighted by Gasteiger charge is -2.21. The molecular formula is C11H12ClN3OS. The Morgan fingerprint density at radius 1 is 1.47 bits per heavy atom. The van der Waals surface area contributed by atoms with Crippen molar-refractivity contribution in [1.82, 2.24) is 4.72 Å². The zero-order chi connectivity index (χ0) is 11.7. The van der Waals surface area contributed by atoms with Gasteiger partial charge in [0.05, 0.1) is 23.2 Å². The van der Waals surface area contributed by atoms with Gasteiger partial charge >= 0.3 is 0 Å². The molecular weight excluding hydrogens is 258 g/mol. The summed E-state index contributed by atoms with van der Waals surface area (Å²) in [5.41, 5.74) is 1.04. The second-order valence-electron chi connectivity index (χ2n) is 3.96. The third-order valence-electron chi connectivity index (χ3n) is 2.67. The minimum absolute atomic E-state index is 0.263. The van der Waals surface area contributed by atoms with Gasteiger partial charge in [-0.3, -0.25) is 4.72 Å². The number of hydrogen-bond acceptors (Lipinski definition) is 3. The third kappa shape index (κ3) is 2.51. The molecule has 0 bridgehead atoms. The molecule has 0 aliphatic carbocycles. The van der Waals surface area contributed by atoms with E-state index in [1.165, 1.54) is 11.9 Å². The summed E-state index contributed by atoms with van der Waals surface area (Å²) in [6.07, 6.45) is 0.991. The van der Waals surface area contributed by atoms with E-state index in [2.05, 4.69) is 15.0 Å². The van der Waals surface area contributed by atoms with Crippen LogP contribution in [-0.2, 0) is 4.74 Å². The summed E-state index contributed by atoms with van der Waals surface area (Å²) >= 11 is 7.46. The zero-order valence-corrected chi connectivity index (χ0v) is 10.6. The van der Waals surface area contributed by atoms with Crippen molar-refractivity contribution in [2.75, 3.05) is 18.5 Å². The van der Waals surface area contributed by atoms with Gasteiger partial charge in [-0.25, -0.2) is 4.99 Å². The van der Waals surface area contributed by atoms with Crippen molar-refractivity contribution in [1.29, 1.82) is 0 Å². The second kappa shape index (κ2) is 4.76. The quantitative estimate of drug-likeness (QED) is 0.769. The summed E-state index contributed by atoms with van der Waals surface area (Å²) in [7, 11) is 0. The summed E-state index contributed by atoms with van der Waals surface area (Å²) in [6.45, 7) is 1.52. The van der Waals surface area contributed by atoms with E-state index in [1.54, 1.807) is 0 Å². The minimum atomic E-state index is 0.263. The van der Waals surface area contributed by atoms with Crippen molar-refractivity contribution in [3.8, 4) is 0 Å². The summed E-state index contributed by atoms with van der Waals surface area (Å²) in [4.78, 5) is 5.65. The van der Waals surface area contributed by atoms with E-state index in [-0.39, 0.29) is 6.04 Å². The van der Waals surface area contributed by atoms with Gasteiger partial charge in [0, 0.05) is 11.6 Å². The highest BCUT2D eigenvalue weighted by molar-refractivity contribution is 7.98. The third-order valence-corrected chi connectivity index (χ3v) is 3.76. The molecule has 2 heterocycles. The molecule has 0 spiro atoms. The molecule has 17 heavy (non-hydrogen) atoms. The van der Waals surface area contributed by atoms with Crippen molar-refractivity contribution in [2.45, 2.75) is 17.4 Å². The molecule has 6 heteroatoms. The summed E-state index contributed by atoms with van der Waals surface area (Å²) < 4.78 is 8.47. The van der Waals surface area contributed by atoms with Crippen LogP contribution >= 0.6 is 23.5 Å². The van der Waals surface area contributed by atoms with E-state index in [1.807, 2.05) is 18.2 Å². The Morgan fingerprint density at radius 3 is 3.24 bits per heavy atom. The molecule has 0 amide bonds. The van der Waals surface area contributed by atoms with Gasteiger partial charge in [-0.15, -0.1) is 0 Å². The summed E-state index contributed by atoms with van der Waals surface area (Å²) in [5, 5.41) is 4.00. The lowest BCUT2D eigenvalue weighted by molar-refractivity contribution is 0.194. The zero-order valence-electron chi connectivity index (χ0n) is 9.07. The van der Waals surface area contributed by atoms with Crippen LogP contribution in [-0.4, -0.2) is 25.2 Å². The molecule has 90 valence electrons. The number of benzene rings is 1. The fourth-order valence-electron chi connectivity index (χ4n) is 1.81. The number of anilines is 1. The maximum absolute atomic E-state index is 5.93.